The Hall–Kier alpha value is -1.69. The molecule has 0 spiro atoms. The van der Waals surface area contributed by atoms with E-state index in [-0.39, 0.29) is 6.10 Å². The van der Waals surface area contributed by atoms with Gasteiger partial charge in [-0.15, -0.1) is 0 Å². The largest absolute Gasteiger partial charge is 0.378 e. The first-order valence-electron chi connectivity index (χ1n) is 12.5. The molecule has 2 heterocycles. The average Bonchev–Trinajstić information content (AvgIpc) is 3.38. The number of ether oxygens (including phenoxy) is 1. The van der Waals surface area contributed by atoms with Gasteiger partial charge in [-0.3, -0.25) is 0 Å². The molecule has 4 nitrogen and oxygen atoms in total. The van der Waals surface area contributed by atoms with E-state index in [1.54, 1.807) is 0 Å². The maximum atomic E-state index is 6.13. The fourth-order valence-corrected chi connectivity index (χ4v) is 6.38. The standard InChI is InChI=1S/C28H36BrN3O/c1-5-19-6-9-25-24(14-19)30-28(18(2)3)32(25)26-10-11-31(17-27(26)33-4)16-20-12-21-7-8-23(29)15-22(21)13-20/h6-9,14-15,18,20,26-27H,5,10-13,16-17H2,1-4H3/t20-,26-,27-/m1/s1. The topological polar surface area (TPSA) is 30.3 Å². The number of fused-ring (bicyclic) bond motifs is 2. The molecule has 1 fully saturated rings. The van der Waals surface area contributed by atoms with E-state index >= 15 is 0 Å². The molecule has 33 heavy (non-hydrogen) atoms. The highest BCUT2D eigenvalue weighted by molar-refractivity contribution is 9.10. The van der Waals surface area contributed by atoms with Crippen molar-refractivity contribution in [3.05, 3.63) is 63.4 Å². The average molecular weight is 511 g/mol. The molecule has 0 bridgehead atoms. The summed E-state index contributed by atoms with van der Waals surface area (Å²) in [6.07, 6.45) is 4.71. The van der Waals surface area contributed by atoms with Crippen LogP contribution in [0.2, 0.25) is 0 Å². The van der Waals surface area contributed by atoms with Crippen molar-refractivity contribution in [3.63, 3.8) is 0 Å². The van der Waals surface area contributed by atoms with E-state index < -0.39 is 0 Å². The molecule has 2 aliphatic rings. The molecule has 0 radical (unpaired) electrons. The number of aryl methyl sites for hydroxylation is 1. The first-order chi connectivity index (χ1) is 16.0. The van der Waals surface area contributed by atoms with Crippen LogP contribution in [0, 0.1) is 5.92 Å². The van der Waals surface area contributed by atoms with E-state index in [4.69, 9.17) is 9.72 Å². The number of hydrogen-bond acceptors (Lipinski definition) is 3. The van der Waals surface area contributed by atoms with Gasteiger partial charge in [-0.1, -0.05) is 48.8 Å². The van der Waals surface area contributed by atoms with Gasteiger partial charge in [0.2, 0.25) is 0 Å². The highest BCUT2D eigenvalue weighted by Gasteiger charge is 2.35. The molecule has 0 saturated carbocycles. The van der Waals surface area contributed by atoms with Gasteiger partial charge in [0, 0.05) is 37.1 Å². The van der Waals surface area contributed by atoms with Crippen molar-refractivity contribution in [1.29, 1.82) is 0 Å². The molecule has 5 heteroatoms. The summed E-state index contributed by atoms with van der Waals surface area (Å²) in [5.41, 5.74) is 6.79. The molecule has 3 atom stereocenters. The Bertz CT molecular complexity index is 1140. The minimum atomic E-state index is 0.178. The zero-order valence-electron chi connectivity index (χ0n) is 20.4. The summed E-state index contributed by atoms with van der Waals surface area (Å²) < 4.78 is 9.84. The van der Waals surface area contributed by atoms with Crippen LogP contribution in [-0.4, -0.2) is 47.3 Å². The summed E-state index contributed by atoms with van der Waals surface area (Å²) in [4.78, 5) is 7.73. The molecule has 0 unspecified atom stereocenters. The lowest BCUT2D eigenvalue weighted by Gasteiger charge is -2.40. The smallest absolute Gasteiger partial charge is 0.112 e. The van der Waals surface area contributed by atoms with Gasteiger partial charge in [0.05, 0.1) is 23.2 Å². The molecule has 2 aromatic carbocycles. The van der Waals surface area contributed by atoms with Crippen LogP contribution in [0.25, 0.3) is 11.0 Å². The Labute approximate surface area is 206 Å². The zero-order chi connectivity index (χ0) is 23.1. The maximum Gasteiger partial charge on any atom is 0.112 e. The van der Waals surface area contributed by atoms with Crippen LogP contribution in [0.5, 0.6) is 0 Å². The van der Waals surface area contributed by atoms with Crippen molar-refractivity contribution >= 4 is 27.0 Å². The molecule has 0 N–H and O–H groups in total. The van der Waals surface area contributed by atoms with E-state index in [1.165, 1.54) is 45.3 Å². The van der Waals surface area contributed by atoms with Gasteiger partial charge in [0.1, 0.15) is 5.82 Å². The van der Waals surface area contributed by atoms with Gasteiger partial charge in [-0.25, -0.2) is 4.98 Å². The Morgan fingerprint density at radius 2 is 1.94 bits per heavy atom. The molecule has 1 aromatic heterocycles. The fourth-order valence-electron chi connectivity index (χ4n) is 5.97. The van der Waals surface area contributed by atoms with Crippen LogP contribution in [-0.2, 0) is 24.0 Å². The number of likely N-dealkylation sites (tertiary alicyclic amines) is 1. The molecule has 0 amide bonds. The van der Waals surface area contributed by atoms with E-state index in [1.807, 2.05) is 7.11 Å². The van der Waals surface area contributed by atoms with Crippen molar-refractivity contribution in [3.8, 4) is 0 Å². The number of methoxy groups -OCH3 is 1. The number of piperidine rings is 1. The maximum absolute atomic E-state index is 6.13. The van der Waals surface area contributed by atoms with Gasteiger partial charge >= 0.3 is 0 Å². The van der Waals surface area contributed by atoms with Gasteiger partial charge in [-0.05, 0) is 72.6 Å². The quantitative estimate of drug-likeness (QED) is 0.398. The molecular weight excluding hydrogens is 474 g/mol. The lowest BCUT2D eigenvalue weighted by Crippen LogP contribution is -2.47. The minimum absolute atomic E-state index is 0.178. The van der Waals surface area contributed by atoms with Gasteiger partial charge in [-0.2, -0.15) is 0 Å². The van der Waals surface area contributed by atoms with Gasteiger partial charge in [0.25, 0.3) is 0 Å². The second-order valence-corrected chi connectivity index (χ2v) is 11.2. The number of halogens is 1. The van der Waals surface area contributed by atoms with E-state index in [0.29, 0.717) is 17.9 Å². The van der Waals surface area contributed by atoms with E-state index in [9.17, 15) is 0 Å². The van der Waals surface area contributed by atoms with Crippen LogP contribution in [0.1, 0.15) is 61.7 Å². The summed E-state index contributed by atoms with van der Waals surface area (Å²) in [5, 5.41) is 0. The highest BCUT2D eigenvalue weighted by atomic mass is 79.9. The Kier molecular flexibility index (Phi) is 6.65. The summed E-state index contributed by atoms with van der Waals surface area (Å²) in [6.45, 7) is 9.98. The number of benzene rings is 2. The van der Waals surface area contributed by atoms with E-state index in [2.05, 4.69) is 82.6 Å². The van der Waals surface area contributed by atoms with E-state index in [0.717, 1.165) is 38.0 Å². The summed E-state index contributed by atoms with van der Waals surface area (Å²) >= 11 is 3.63. The second-order valence-electron chi connectivity index (χ2n) is 10.2. The minimum Gasteiger partial charge on any atom is -0.378 e. The first-order valence-corrected chi connectivity index (χ1v) is 13.3. The molecule has 5 rings (SSSR count). The molecule has 3 aromatic rings. The summed E-state index contributed by atoms with van der Waals surface area (Å²) in [7, 11) is 1.88. The van der Waals surface area contributed by atoms with Gasteiger partial charge < -0.3 is 14.2 Å². The normalized spacial score (nSPS) is 23.5. The number of nitrogens with zero attached hydrogens (tertiary/aromatic N) is 3. The number of imidazole rings is 1. The fraction of sp³-hybridized carbons (Fsp3) is 0.536. The summed E-state index contributed by atoms with van der Waals surface area (Å²) in [6, 6.07) is 13.9. The van der Waals surface area contributed by atoms with Crippen molar-refractivity contribution in [2.75, 3.05) is 26.7 Å². The summed E-state index contributed by atoms with van der Waals surface area (Å²) in [5.74, 6) is 2.28. The highest BCUT2D eigenvalue weighted by Crippen LogP contribution is 2.35. The lowest BCUT2D eigenvalue weighted by atomic mass is 9.97. The number of rotatable bonds is 6. The van der Waals surface area contributed by atoms with Crippen LogP contribution in [0.4, 0.5) is 0 Å². The van der Waals surface area contributed by atoms with Crippen molar-refractivity contribution in [2.24, 2.45) is 5.92 Å². The predicted molar refractivity (Wildman–Crippen MR) is 139 cm³/mol. The number of aromatic nitrogens is 2. The van der Waals surface area contributed by atoms with Crippen LogP contribution in [0.3, 0.4) is 0 Å². The van der Waals surface area contributed by atoms with Crippen LogP contribution in [0.15, 0.2) is 40.9 Å². The second kappa shape index (κ2) is 9.52. The Balaban J connectivity index is 1.35. The zero-order valence-corrected chi connectivity index (χ0v) is 21.9. The molecule has 1 aliphatic carbocycles. The van der Waals surface area contributed by atoms with Crippen LogP contribution >= 0.6 is 15.9 Å². The van der Waals surface area contributed by atoms with Crippen molar-refractivity contribution in [1.82, 2.24) is 14.5 Å². The third kappa shape index (κ3) is 4.52. The monoisotopic (exact) mass is 509 g/mol. The molecule has 176 valence electrons. The lowest BCUT2D eigenvalue weighted by molar-refractivity contribution is -0.00966. The van der Waals surface area contributed by atoms with Crippen LogP contribution < -0.4 is 0 Å². The van der Waals surface area contributed by atoms with Crippen molar-refractivity contribution < 1.29 is 4.74 Å². The predicted octanol–water partition coefficient (Wildman–Crippen LogP) is 6.16. The SMILES string of the molecule is CCc1ccc2c(c1)nc(C(C)C)n2[C@@H]1CCN(C[C@@H]2Cc3ccc(Br)cc3C2)C[C@H]1OC. The Morgan fingerprint density at radius 3 is 2.70 bits per heavy atom. The first kappa shape index (κ1) is 23.1. The Morgan fingerprint density at radius 1 is 1.12 bits per heavy atom. The molecular formula is C28H36BrN3O. The van der Waals surface area contributed by atoms with Crippen molar-refractivity contribution in [2.45, 2.75) is 64.5 Å². The molecule has 1 aliphatic heterocycles. The third-order valence-corrected chi connectivity index (χ3v) is 8.14. The number of hydrogen-bond donors (Lipinski definition) is 0. The third-order valence-electron chi connectivity index (χ3n) is 7.65. The molecule has 1 saturated heterocycles. The van der Waals surface area contributed by atoms with Gasteiger partial charge in [0.15, 0.2) is 0 Å².